The van der Waals surface area contributed by atoms with E-state index in [-0.39, 0.29) is 37.8 Å². The van der Waals surface area contributed by atoms with Crippen molar-refractivity contribution >= 4 is 33.4 Å². The number of nitrogens with one attached hydrogen (secondary N) is 1. The van der Waals surface area contributed by atoms with Crippen molar-refractivity contribution in [2.45, 2.75) is 10.9 Å². The summed E-state index contributed by atoms with van der Waals surface area (Å²) >= 11 is 5.77. The number of likely N-dealkylation sites (N-methyl/N-ethyl adjacent to an activating group) is 1. The van der Waals surface area contributed by atoms with E-state index < -0.39 is 44.3 Å². The van der Waals surface area contributed by atoms with Crippen LogP contribution in [0.2, 0.25) is 5.02 Å². The van der Waals surface area contributed by atoms with Crippen LogP contribution in [-0.4, -0.2) is 85.9 Å². The zero-order valence-corrected chi connectivity index (χ0v) is 20.3. The number of halogens is 3. The van der Waals surface area contributed by atoms with E-state index in [9.17, 15) is 26.8 Å². The number of ether oxygens (including phenoxy) is 1. The van der Waals surface area contributed by atoms with E-state index in [2.05, 4.69) is 0 Å². The molecule has 2 aromatic carbocycles. The Morgan fingerprint density at radius 1 is 1.17 bits per heavy atom. The highest BCUT2D eigenvalue weighted by Crippen LogP contribution is 2.32. The van der Waals surface area contributed by atoms with E-state index in [1.165, 1.54) is 34.6 Å². The van der Waals surface area contributed by atoms with Gasteiger partial charge in [-0.25, -0.2) is 22.7 Å². The maximum Gasteiger partial charge on any atom is 0.263 e. The monoisotopic (exact) mass is 532 g/mol. The van der Waals surface area contributed by atoms with E-state index >= 15 is 0 Å². The van der Waals surface area contributed by atoms with Gasteiger partial charge in [0.05, 0.1) is 11.4 Å². The maximum absolute atomic E-state index is 14.7. The standard InChI is InChI=1S/C21H23ClF2N4O6S/c1-26(2)19(29)12-27-7-8-28(18(11-27)21(30)25-31)35(32,33)15-9-16(23)20(17(24)10-15)34-14-5-3-13(22)4-6-14/h3-6,9-10,18,31H,7-8,11-12H2,1-2H3,(H,25,30)/t18-/m1/s1. The fourth-order valence-electron chi connectivity index (χ4n) is 3.41. The first-order chi connectivity index (χ1) is 16.4. The number of benzene rings is 2. The molecule has 0 bridgehead atoms. The molecule has 0 unspecified atom stereocenters. The Balaban J connectivity index is 1.88. The minimum Gasteiger partial charge on any atom is -0.451 e. The topological polar surface area (TPSA) is 119 Å². The molecule has 1 fully saturated rings. The summed E-state index contributed by atoms with van der Waals surface area (Å²) in [4.78, 5) is 26.4. The molecule has 10 nitrogen and oxygen atoms in total. The fourth-order valence-corrected chi connectivity index (χ4v) is 5.13. The lowest BCUT2D eigenvalue weighted by molar-refractivity contribution is -0.137. The van der Waals surface area contributed by atoms with E-state index in [4.69, 9.17) is 21.5 Å². The van der Waals surface area contributed by atoms with Crippen molar-refractivity contribution < 1.29 is 36.7 Å². The lowest BCUT2D eigenvalue weighted by atomic mass is 10.2. The lowest BCUT2D eigenvalue weighted by Gasteiger charge is -2.39. The molecule has 1 aliphatic heterocycles. The molecule has 1 aliphatic rings. The first-order valence-corrected chi connectivity index (χ1v) is 12.1. The molecule has 1 saturated heterocycles. The third-order valence-corrected chi connectivity index (χ3v) is 7.44. The van der Waals surface area contributed by atoms with Crippen LogP contribution in [0.25, 0.3) is 0 Å². The second-order valence-corrected chi connectivity index (χ2v) is 10.2. The largest absolute Gasteiger partial charge is 0.451 e. The number of carbonyl (C=O) groups excluding carboxylic acids is 2. The maximum atomic E-state index is 14.7. The van der Waals surface area contributed by atoms with Crippen molar-refractivity contribution in [2.24, 2.45) is 0 Å². The van der Waals surface area contributed by atoms with Crippen LogP contribution in [0, 0.1) is 11.6 Å². The molecular weight excluding hydrogens is 510 g/mol. The normalized spacial score (nSPS) is 17.1. The molecule has 1 atom stereocenters. The molecule has 0 spiro atoms. The predicted molar refractivity (Wildman–Crippen MR) is 121 cm³/mol. The van der Waals surface area contributed by atoms with Gasteiger partial charge in [0.1, 0.15) is 11.8 Å². The summed E-state index contributed by atoms with van der Waals surface area (Å²) < 4.78 is 61.9. The first-order valence-electron chi connectivity index (χ1n) is 10.2. The predicted octanol–water partition coefficient (Wildman–Crippen LogP) is 1.68. The molecule has 190 valence electrons. The Labute approximate surface area is 205 Å². The smallest absolute Gasteiger partial charge is 0.263 e. The number of amides is 2. The molecule has 0 aromatic heterocycles. The highest BCUT2D eigenvalue weighted by Gasteiger charge is 2.41. The second kappa shape index (κ2) is 10.8. The molecular formula is C21H23ClF2N4O6S. The van der Waals surface area contributed by atoms with Crippen molar-refractivity contribution in [3.63, 3.8) is 0 Å². The number of hydrogen-bond acceptors (Lipinski definition) is 7. The molecule has 0 aliphatic carbocycles. The SMILES string of the molecule is CN(C)C(=O)CN1CCN(S(=O)(=O)c2cc(F)c(Oc3ccc(Cl)cc3)c(F)c2)[C@@H](C(=O)NO)C1. The van der Waals surface area contributed by atoms with Crippen LogP contribution >= 0.6 is 11.6 Å². The van der Waals surface area contributed by atoms with Gasteiger partial charge in [0.2, 0.25) is 15.9 Å². The Bertz CT molecular complexity index is 1190. The van der Waals surface area contributed by atoms with Crippen molar-refractivity contribution in [2.75, 3.05) is 40.3 Å². The van der Waals surface area contributed by atoms with Gasteiger partial charge in [-0.3, -0.25) is 19.7 Å². The van der Waals surface area contributed by atoms with Crippen LogP contribution in [0.3, 0.4) is 0 Å². The van der Waals surface area contributed by atoms with Crippen LogP contribution in [0.15, 0.2) is 41.3 Å². The van der Waals surface area contributed by atoms with Gasteiger partial charge in [0, 0.05) is 38.8 Å². The number of sulfonamides is 1. The number of piperazine rings is 1. The summed E-state index contributed by atoms with van der Waals surface area (Å²) in [5.74, 6) is -4.63. The van der Waals surface area contributed by atoms with Crippen LogP contribution in [0.4, 0.5) is 8.78 Å². The Hall–Kier alpha value is -2.84. The third-order valence-electron chi connectivity index (χ3n) is 5.30. The lowest BCUT2D eigenvalue weighted by Crippen LogP contribution is -2.61. The van der Waals surface area contributed by atoms with Gasteiger partial charge in [0.15, 0.2) is 17.4 Å². The average Bonchev–Trinajstić information content (AvgIpc) is 2.81. The molecule has 2 N–H and O–H groups in total. The van der Waals surface area contributed by atoms with Gasteiger partial charge >= 0.3 is 0 Å². The summed E-state index contributed by atoms with van der Waals surface area (Å²) in [6.07, 6.45) is 0. The molecule has 14 heteroatoms. The third kappa shape index (κ3) is 6.05. The summed E-state index contributed by atoms with van der Waals surface area (Å²) in [5.41, 5.74) is 1.40. The fraction of sp³-hybridized carbons (Fsp3) is 0.333. The Morgan fingerprint density at radius 2 is 1.77 bits per heavy atom. The van der Waals surface area contributed by atoms with Crippen molar-refractivity contribution in [1.82, 2.24) is 19.6 Å². The Kier molecular flexibility index (Phi) is 8.28. The number of rotatable bonds is 7. The van der Waals surface area contributed by atoms with Crippen molar-refractivity contribution in [3.8, 4) is 11.5 Å². The number of hydroxylamine groups is 1. The highest BCUT2D eigenvalue weighted by atomic mass is 35.5. The molecule has 35 heavy (non-hydrogen) atoms. The van der Waals surface area contributed by atoms with E-state index in [0.29, 0.717) is 17.2 Å². The molecule has 2 aromatic rings. The van der Waals surface area contributed by atoms with E-state index in [1.807, 2.05) is 0 Å². The van der Waals surface area contributed by atoms with Crippen LogP contribution in [0.1, 0.15) is 0 Å². The minimum atomic E-state index is -4.59. The molecule has 0 saturated carbocycles. The quantitative estimate of drug-likeness (QED) is 0.411. The van der Waals surface area contributed by atoms with E-state index in [0.717, 1.165) is 4.31 Å². The first kappa shape index (κ1) is 26.8. The highest BCUT2D eigenvalue weighted by molar-refractivity contribution is 7.89. The van der Waals surface area contributed by atoms with Crippen LogP contribution in [0.5, 0.6) is 11.5 Å². The molecule has 0 radical (unpaired) electrons. The second-order valence-electron chi connectivity index (χ2n) is 7.90. The summed E-state index contributed by atoms with van der Waals surface area (Å²) in [6.45, 7) is -0.520. The number of nitrogens with zero attached hydrogens (tertiary/aromatic N) is 3. The van der Waals surface area contributed by atoms with Gasteiger partial charge in [-0.1, -0.05) is 11.6 Å². The van der Waals surface area contributed by atoms with Gasteiger partial charge in [-0.2, -0.15) is 4.31 Å². The zero-order valence-electron chi connectivity index (χ0n) is 18.7. The van der Waals surface area contributed by atoms with Gasteiger partial charge < -0.3 is 9.64 Å². The summed E-state index contributed by atoms with van der Waals surface area (Å²) in [5, 5.41) is 9.50. The molecule has 2 amide bonds. The summed E-state index contributed by atoms with van der Waals surface area (Å²) in [6, 6.07) is 5.37. The Morgan fingerprint density at radius 3 is 2.31 bits per heavy atom. The van der Waals surface area contributed by atoms with E-state index in [1.54, 1.807) is 19.0 Å². The average molecular weight is 533 g/mol. The number of carbonyl (C=O) groups is 2. The number of hydrogen-bond donors (Lipinski definition) is 2. The van der Waals surface area contributed by atoms with Crippen LogP contribution < -0.4 is 10.2 Å². The molecule has 1 heterocycles. The van der Waals surface area contributed by atoms with Crippen molar-refractivity contribution in [1.29, 1.82) is 0 Å². The van der Waals surface area contributed by atoms with Crippen molar-refractivity contribution in [3.05, 3.63) is 53.1 Å². The van der Waals surface area contributed by atoms with Gasteiger partial charge in [-0.15, -0.1) is 0 Å². The van der Waals surface area contributed by atoms with Gasteiger partial charge in [-0.05, 0) is 36.4 Å². The minimum absolute atomic E-state index is 0.0662. The molecule has 3 rings (SSSR count). The van der Waals surface area contributed by atoms with Crippen LogP contribution in [-0.2, 0) is 19.6 Å². The zero-order chi connectivity index (χ0) is 25.9. The summed E-state index contributed by atoms with van der Waals surface area (Å²) in [7, 11) is -1.50. The van der Waals surface area contributed by atoms with Gasteiger partial charge in [0.25, 0.3) is 5.91 Å².